The van der Waals surface area contributed by atoms with Gasteiger partial charge in [0.25, 0.3) is 0 Å². The van der Waals surface area contributed by atoms with Gasteiger partial charge in [-0.05, 0) is 111 Å². The van der Waals surface area contributed by atoms with Crippen LogP contribution in [0.1, 0.15) is 44.1 Å². The van der Waals surface area contributed by atoms with Crippen molar-refractivity contribution in [3.05, 3.63) is 60.2 Å². The highest BCUT2D eigenvalue weighted by Gasteiger charge is 2.51. The average Bonchev–Trinajstić information content (AvgIpc) is 2.77. The molecule has 4 bridgehead atoms. The van der Waals surface area contributed by atoms with Gasteiger partial charge in [-0.1, -0.05) is 30.3 Å². The second-order valence-corrected chi connectivity index (χ2v) is 10.5. The van der Waals surface area contributed by atoms with E-state index >= 15 is 0 Å². The number of hydrogen-bond acceptors (Lipinski definition) is 3. The highest BCUT2D eigenvalue weighted by molar-refractivity contribution is 7.80. The van der Waals surface area contributed by atoms with E-state index in [0.717, 1.165) is 34.8 Å². The molecule has 5 nitrogen and oxygen atoms in total. The number of thiocarbonyl (C=S) groups is 2. The summed E-state index contributed by atoms with van der Waals surface area (Å²) in [6.07, 6.45) is 8.02. The highest BCUT2D eigenvalue weighted by atomic mass is 32.1. The summed E-state index contributed by atoms with van der Waals surface area (Å²) < 4.78 is 5.83. The average molecular weight is 467 g/mol. The Morgan fingerprint density at radius 2 is 1.41 bits per heavy atom. The predicted molar refractivity (Wildman–Crippen MR) is 136 cm³/mol. The second kappa shape index (κ2) is 9.24. The van der Waals surface area contributed by atoms with Gasteiger partial charge >= 0.3 is 0 Å². The lowest BCUT2D eigenvalue weighted by Crippen LogP contribution is -2.62. The van der Waals surface area contributed by atoms with E-state index in [-0.39, 0.29) is 5.54 Å². The second-order valence-electron chi connectivity index (χ2n) is 9.65. The number of nitrogens with one attached hydrogen (secondary N) is 4. The van der Waals surface area contributed by atoms with E-state index in [4.69, 9.17) is 29.2 Å². The molecule has 2 aromatic carbocycles. The lowest BCUT2D eigenvalue weighted by molar-refractivity contribution is -0.0102. The minimum Gasteiger partial charge on any atom is -0.489 e. The van der Waals surface area contributed by atoms with Crippen LogP contribution in [0, 0.1) is 17.8 Å². The van der Waals surface area contributed by atoms with Gasteiger partial charge in [0.15, 0.2) is 10.2 Å². The van der Waals surface area contributed by atoms with Crippen molar-refractivity contribution < 1.29 is 4.74 Å². The molecule has 0 amide bonds. The Kier molecular flexibility index (Phi) is 6.20. The van der Waals surface area contributed by atoms with Crippen LogP contribution in [0.2, 0.25) is 0 Å². The standard InChI is InChI=1S/C25H30N4OS2/c31-23(26-21-6-8-22(9-7-21)30-16-17-4-2-1-3-5-17)28-29-24(32)27-25-13-18-10-19(14-25)12-20(11-18)15-25/h1-9,18-20H,10-16H2,(H2,26,28,31)(H2,27,29,32). The first-order chi connectivity index (χ1) is 15.6. The summed E-state index contributed by atoms with van der Waals surface area (Å²) in [4.78, 5) is 0. The Morgan fingerprint density at radius 1 is 0.812 bits per heavy atom. The monoisotopic (exact) mass is 466 g/mol. The van der Waals surface area contributed by atoms with E-state index in [9.17, 15) is 0 Å². The van der Waals surface area contributed by atoms with Gasteiger partial charge in [0.05, 0.1) is 0 Å². The largest absolute Gasteiger partial charge is 0.489 e. The molecule has 6 rings (SSSR count). The van der Waals surface area contributed by atoms with Crippen molar-refractivity contribution in [1.82, 2.24) is 16.2 Å². The molecule has 4 saturated carbocycles. The van der Waals surface area contributed by atoms with E-state index in [1.54, 1.807) is 0 Å². The third kappa shape index (κ3) is 5.15. The van der Waals surface area contributed by atoms with Crippen LogP contribution in [0.15, 0.2) is 54.6 Å². The van der Waals surface area contributed by atoms with Crippen molar-refractivity contribution in [3.8, 4) is 5.75 Å². The Morgan fingerprint density at radius 3 is 2.03 bits per heavy atom. The van der Waals surface area contributed by atoms with Gasteiger partial charge in [0, 0.05) is 11.2 Å². The van der Waals surface area contributed by atoms with Crippen molar-refractivity contribution in [2.75, 3.05) is 5.32 Å². The first-order valence-corrected chi connectivity index (χ1v) is 12.3. The predicted octanol–water partition coefficient (Wildman–Crippen LogP) is 4.90. The number of anilines is 1. The molecular formula is C25H30N4OS2. The van der Waals surface area contributed by atoms with Gasteiger partial charge in [-0.2, -0.15) is 0 Å². The maximum Gasteiger partial charge on any atom is 0.189 e. The minimum atomic E-state index is 0.186. The van der Waals surface area contributed by atoms with Crippen LogP contribution in [0.3, 0.4) is 0 Å². The van der Waals surface area contributed by atoms with Crippen molar-refractivity contribution >= 4 is 40.3 Å². The molecule has 2 aromatic rings. The molecule has 32 heavy (non-hydrogen) atoms. The Balaban J connectivity index is 1.06. The van der Waals surface area contributed by atoms with Crippen molar-refractivity contribution in [2.24, 2.45) is 17.8 Å². The van der Waals surface area contributed by atoms with Gasteiger partial charge in [-0.3, -0.25) is 10.9 Å². The summed E-state index contributed by atoms with van der Waals surface area (Å²) in [5.41, 5.74) is 8.29. The van der Waals surface area contributed by atoms with Gasteiger partial charge in [0.2, 0.25) is 0 Å². The molecule has 0 heterocycles. The molecule has 0 saturated heterocycles. The van der Waals surface area contributed by atoms with E-state index in [1.807, 2.05) is 42.5 Å². The summed E-state index contributed by atoms with van der Waals surface area (Å²) in [5, 5.41) is 7.90. The third-order valence-electron chi connectivity index (χ3n) is 7.07. The molecule has 4 aliphatic rings. The molecule has 0 spiro atoms. The molecule has 0 atom stereocenters. The van der Waals surface area contributed by atoms with Crippen LogP contribution in [0.25, 0.3) is 0 Å². The Hall–Kier alpha value is -2.38. The van der Waals surface area contributed by atoms with Gasteiger partial charge in [0.1, 0.15) is 12.4 Å². The topological polar surface area (TPSA) is 57.3 Å². The first-order valence-electron chi connectivity index (χ1n) is 11.5. The highest BCUT2D eigenvalue weighted by Crippen LogP contribution is 2.55. The molecule has 0 radical (unpaired) electrons. The number of hydrazine groups is 1. The lowest BCUT2D eigenvalue weighted by atomic mass is 9.53. The van der Waals surface area contributed by atoms with Gasteiger partial charge in [-0.25, -0.2) is 0 Å². The zero-order chi connectivity index (χ0) is 22.0. The molecule has 4 N–H and O–H groups in total. The van der Waals surface area contributed by atoms with Crippen LogP contribution >= 0.6 is 24.4 Å². The van der Waals surface area contributed by atoms with Crippen LogP contribution in [-0.4, -0.2) is 15.8 Å². The first kappa shape index (κ1) is 21.5. The Bertz CT molecular complexity index is 928. The van der Waals surface area contributed by atoms with Gasteiger partial charge in [-0.15, -0.1) is 0 Å². The fourth-order valence-corrected chi connectivity index (χ4v) is 6.62. The zero-order valence-electron chi connectivity index (χ0n) is 18.1. The van der Waals surface area contributed by atoms with Crippen LogP contribution in [0.4, 0.5) is 5.69 Å². The zero-order valence-corrected chi connectivity index (χ0v) is 19.7. The number of rotatable bonds is 5. The van der Waals surface area contributed by atoms with E-state index in [1.165, 1.54) is 38.5 Å². The molecule has 7 heteroatoms. The Labute approximate surface area is 200 Å². The van der Waals surface area contributed by atoms with Crippen LogP contribution in [-0.2, 0) is 6.61 Å². The van der Waals surface area contributed by atoms with Crippen LogP contribution < -0.4 is 26.2 Å². The normalized spacial score (nSPS) is 27.4. The minimum absolute atomic E-state index is 0.186. The summed E-state index contributed by atoms with van der Waals surface area (Å²) in [6.45, 7) is 0.547. The summed E-state index contributed by atoms with van der Waals surface area (Å²) in [5.74, 6) is 3.46. The molecule has 4 aliphatic carbocycles. The van der Waals surface area contributed by atoms with E-state index in [2.05, 4.69) is 33.6 Å². The summed E-state index contributed by atoms with van der Waals surface area (Å²) in [6, 6.07) is 17.9. The molecular weight excluding hydrogens is 436 g/mol. The maximum atomic E-state index is 5.83. The molecule has 168 valence electrons. The molecule has 4 fully saturated rings. The fraction of sp³-hybridized carbons (Fsp3) is 0.440. The number of hydrogen-bond donors (Lipinski definition) is 4. The SMILES string of the molecule is S=C(NNC(=S)NC12CC3CC(CC(C3)C1)C2)Nc1ccc(OCc2ccccc2)cc1. The number of benzene rings is 2. The van der Waals surface area contributed by atoms with Gasteiger partial charge < -0.3 is 15.4 Å². The maximum absolute atomic E-state index is 5.83. The summed E-state index contributed by atoms with van der Waals surface area (Å²) >= 11 is 11.0. The van der Waals surface area contributed by atoms with E-state index in [0.29, 0.717) is 16.8 Å². The van der Waals surface area contributed by atoms with Crippen molar-refractivity contribution in [3.63, 3.8) is 0 Å². The third-order valence-corrected chi connectivity index (χ3v) is 7.48. The molecule has 0 unspecified atom stereocenters. The summed E-state index contributed by atoms with van der Waals surface area (Å²) in [7, 11) is 0. The lowest BCUT2D eigenvalue weighted by Gasteiger charge is -2.57. The van der Waals surface area contributed by atoms with Crippen LogP contribution in [0.5, 0.6) is 5.75 Å². The fourth-order valence-electron chi connectivity index (χ4n) is 6.19. The van der Waals surface area contributed by atoms with E-state index < -0.39 is 0 Å². The molecule has 0 aromatic heterocycles. The molecule has 0 aliphatic heterocycles. The quantitative estimate of drug-likeness (QED) is 0.369. The number of ether oxygens (including phenoxy) is 1. The van der Waals surface area contributed by atoms with Crippen molar-refractivity contribution in [2.45, 2.75) is 50.7 Å². The smallest absolute Gasteiger partial charge is 0.189 e. The van der Waals surface area contributed by atoms with Crippen molar-refractivity contribution in [1.29, 1.82) is 0 Å².